The maximum Gasteiger partial charge on any atom is 0.335 e. The van der Waals surface area contributed by atoms with Gasteiger partial charge in [-0.25, -0.2) is 13.6 Å². The molecule has 4 nitrogen and oxygen atoms in total. The van der Waals surface area contributed by atoms with Crippen LogP contribution in [0.15, 0.2) is 42.5 Å². The first-order valence-corrected chi connectivity index (χ1v) is 7.63. The van der Waals surface area contributed by atoms with Gasteiger partial charge in [-0.1, -0.05) is 18.2 Å². The molecule has 2 aromatic carbocycles. The molecule has 0 saturated carbocycles. The molecule has 1 aliphatic heterocycles. The molecule has 0 amide bonds. The number of halogens is 2. The second-order valence-electron chi connectivity index (χ2n) is 6.01. The van der Waals surface area contributed by atoms with Crippen LogP contribution in [0.2, 0.25) is 0 Å². The van der Waals surface area contributed by atoms with Crippen LogP contribution in [0.3, 0.4) is 0 Å². The van der Waals surface area contributed by atoms with E-state index in [1.54, 1.807) is 12.1 Å². The van der Waals surface area contributed by atoms with E-state index >= 15 is 0 Å². The molecule has 2 N–H and O–H groups in total. The highest BCUT2D eigenvalue weighted by Crippen LogP contribution is 2.34. The van der Waals surface area contributed by atoms with Gasteiger partial charge in [0, 0.05) is 19.1 Å². The molecule has 0 radical (unpaired) electrons. The van der Waals surface area contributed by atoms with Crippen molar-refractivity contribution in [3.63, 3.8) is 0 Å². The van der Waals surface area contributed by atoms with E-state index in [9.17, 15) is 18.7 Å². The topological polar surface area (TPSA) is 60.8 Å². The fourth-order valence-electron chi connectivity index (χ4n) is 3.11. The maximum absolute atomic E-state index is 13.5. The molecule has 3 rings (SSSR count). The summed E-state index contributed by atoms with van der Waals surface area (Å²) in [6, 6.07) is 10.1. The minimum atomic E-state index is -0.988. The Morgan fingerprint density at radius 1 is 1.12 bits per heavy atom. The summed E-state index contributed by atoms with van der Waals surface area (Å²) in [7, 11) is 0. The van der Waals surface area contributed by atoms with Gasteiger partial charge in [0.15, 0.2) is 11.6 Å². The van der Waals surface area contributed by atoms with Crippen molar-refractivity contribution >= 4 is 5.97 Å². The lowest BCUT2D eigenvalue weighted by Gasteiger charge is -2.24. The Kier molecular flexibility index (Phi) is 4.59. The molecular weight excluding hydrogens is 316 g/mol. The molecule has 1 saturated heterocycles. The van der Waals surface area contributed by atoms with E-state index in [4.69, 9.17) is 5.11 Å². The lowest BCUT2D eigenvalue weighted by Crippen LogP contribution is -2.24. The smallest absolute Gasteiger partial charge is 0.335 e. The van der Waals surface area contributed by atoms with Crippen molar-refractivity contribution in [3.05, 3.63) is 70.8 Å². The second kappa shape index (κ2) is 6.67. The average Bonchev–Trinajstić information content (AvgIpc) is 2.91. The molecule has 1 aliphatic rings. The monoisotopic (exact) mass is 333 g/mol. The standard InChI is InChI=1S/C18H17F2NO3/c19-15-6-5-13(7-16(15)20)17-8-14(22)10-21(17)9-11-1-3-12(4-2-11)18(23)24/h1-7,14,17,22H,8-10H2,(H,23,24). The summed E-state index contributed by atoms with van der Waals surface area (Å²) in [5.74, 6) is -2.79. The zero-order chi connectivity index (χ0) is 17.3. The van der Waals surface area contributed by atoms with E-state index in [1.807, 2.05) is 4.90 Å². The van der Waals surface area contributed by atoms with Gasteiger partial charge >= 0.3 is 5.97 Å². The fourth-order valence-corrected chi connectivity index (χ4v) is 3.11. The Hall–Kier alpha value is -2.31. The number of carboxylic acid groups (broad SMARTS) is 1. The van der Waals surface area contributed by atoms with E-state index in [2.05, 4.69) is 0 Å². The number of rotatable bonds is 4. The second-order valence-corrected chi connectivity index (χ2v) is 6.01. The summed E-state index contributed by atoms with van der Waals surface area (Å²) in [5.41, 5.74) is 1.71. The quantitative estimate of drug-likeness (QED) is 0.903. The normalized spacial score (nSPS) is 21.1. The number of carboxylic acids is 1. The molecular formula is C18H17F2NO3. The van der Waals surface area contributed by atoms with E-state index in [0.29, 0.717) is 25.1 Å². The van der Waals surface area contributed by atoms with Crippen LogP contribution < -0.4 is 0 Å². The molecule has 0 aliphatic carbocycles. The molecule has 6 heteroatoms. The minimum absolute atomic E-state index is 0.206. The summed E-state index contributed by atoms with van der Waals surface area (Å²) in [4.78, 5) is 12.9. The Labute approximate surface area is 138 Å². The van der Waals surface area contributed by atoms with Crippen LogP contribution in [-0.2, 0) is 6.54 Å². The SMILES string of the molecule is O=C(O)c1ccc(CN2CC(O)CC2c2ccc(F)c(F)c2)cc1. The van der Waals surface area contributed by atoms with E-state index in [-0.39, 0.29) is 11.6 Å². The first-order chi connectivity index (χ1) is 11.4. The molecule has 1 fully saturated rings. The van der Waals surface area contributed by atoms with Crippen LogP contribution in [0, 0.1) is 11.6 Å². The van der Waals surface area contributed by atoms with Gasteiger partial charge in [-0.3, -0.25) is 4.90 Å². The predicted molar refractivity (Wildman–Crippen MR) is 83.5 cm³/mol. The van der Waals surface area contributed by atoms with Gasteiger partial charge in [0.25, 0.3) is 0 Å². The number of aliphatic hydroxyl groups excluding tert-OH is 1. The number of benzene rings is 2. The molecule has 0 spiro atoms. The van der Waals surface area contributed by atoms with Crippen LogP contribution in [0.5, 0.6) is 0 Å². The molecule has 0 aromatic heterocycles. The number of likely N-dealkylation sites (tertiary alicyclic amines) is 1. The highest BCUT2D eigenvalue weighted by atomic mass is 19.2. The van der Waals surface area contributed by atoms with Crippen LogP contribution in [0.4, 0.5) is 8.78 Å². The third-order valence-corrected chi connectivity index (χ3v) is 4.30. The highest BCUT2D eigenvalue weighted by molar-refractivity contribution is 5.87. The van der Waals surface area contributed by atoms with Crippen molar-refractivity contribution in [2.45, 2.75) is 25.1 Å². The predicted octanol–water partition coefficient (Wildman–Crippen LogP) is 2.97. The average molecular weight is 333 g/mol. The Bertz CT molecular complexity index is 748. The summed E-state index contributed by atoms with van der Waals surface area (Å²) in [5, 5.41) is 18.9. The molecule has 1 heterocycles. The van der Waals surface area contributed by atoms with Crippen molar-refractivity contribution in [1.29, 1.82) is 0 Å². The molecule has 2 atom stereocenters. The number of carbonyl (C=O) groups is 1. The Morgan fingerprint density at radius 3 is 2.46 bits per heavy atom. The van der Waals surface area contributed by atoms with Crippen LogP contribution in [0.25, 0.3) is 0 Å². The van der Waals surface area contributed by atoms with Crippen molar-refractivity contribution in [2.24, 2.45) is 0 Å². The van der Waals surface area contributed by atoms with Gasteiger partial charge in [-0.05, 0) is 41.8 Å². The molecule has 2 aromatic rings. The van der Waals surface area contributed by atoms with Crippen molar-refractivity contribution in [1.82, 2.24) is 4.90 Å². The zero-order valence-corrected chi connectivity index (χ0v) is 12.8. The van der Waals surface area contributed by atoms with E-state index in [0.717, 1.165) is 11.6 Å². The van der Waals surface area contributed by atoms with Crippen LogP contribution in [0.1, 0.15) is 33.9 Å². The molecule has 24 heavy (non-hydrogen) atoms. The van der Waals surface area contributed by atoms with Gasteiger partial charge in [0.05, 0.1) is 11.7 Å². The van der Waals surface area contributed by atoms with Gasteiger partial charge in [0.1, 0.15) is 0 Å². The van der Waals surface area contributed by atoms with E-state index < -0.39 is 23.7 Å². The summed E-state index contributed by atoms with van der Waals surface area (Å²) < 4.78 is 26.6. The largest absolute Gasteiger partial charge is 0.478 e. The maximum atomic E-state index is 13.5. The lowest BCUT2D eigenvalue weighted by atomic mass is 10.0. The fraction of sp³-hybridized carbons (Fsp3) is 0.278. The van der Waals surface area contributed by atoms with Gasteiger partial charge in [-0.2, -0.15) is 0 Å². The Morgan fingerprint density at radius 2 is 1.83 bits per heavy atom. The highest BCUT2D eigenvalue weighted by Gasteiger charge is 2.32. The third-order valence-electron chi connectivity index (χ3n) is 4.30. The van der Waals surface area contributed by atoms with Crippen molar-refractivity contribution in [3.8, 4) is 0 Å². The van der Waals surface area contributed by atoms with Gasteiger partial charge < -0.3 is 10.2 Å². The van der Waals surface area contributed by atoms with Crippen LogP contribution >= 0.6 is 0 Å². The first-order valence-electron chi connectivity index (χ1n) is 7.63. The number of β-amino-alcohol motifs (C(OH)–C–C–N with tert-alkyl or cyclic N) is 1. The Balaban J connectivity index is 1.80. The summed E-state index contributed by atoms with van der Waals surface area (Å²) >= 11 is 0. The van der Waals surface area contributed by atoms with Crippen LogP contribution in [-0.4, -0.2) is 33.7 Å². The van der Waals surface area contributed by atoms with Crippen molar-refractivity contribution in [2.75, 3.05) is 6.54 Å². The minimum Gasteiger partial charge on any atom is -0.478 e. The number of nitrogens with zero attached hydrogens (tertiary/aromatic N) is 1. The molecule has 126 valence electrons. The number of hydrogen-bond acceptors (Lipinski definition) is 3. The molecule has 2 unspecified atom stereocenters. The third kappa shape index (κ3) is 3.44. The van der Waals surface area contributed by atoms with Crippen molar-refractivity contribution < 1.29 is 23.8 Å². The first kappa shape index (κ1) is 16.5. The lowest BCUT2D eigenvalue weighted by molar-refractivity contribution is 0.0697. The van der Waals surface area contributed by atoms with E-state index in [1.165, 1.54) is 24.3 Å². The molecule has 0 bridgehead atoms. The van der Waals surface area contributed by atoms with Gasteiger partial charge in [0.2, 0.25) is 0 Å². The summed E-state index contributed by atoms with van der Waals surface area (Å²) in [6.45, 7) is 0.908. The number of aliphatic hydroxyl groups is 1. The summed E-state index contributed by atoms with van der Waals surface area (Å²) in [6.07, 6.45) is -0.0976. The van der Waals surface area contributed by atoms with Gasteiger partial charge in [-0.15, -0.1) is 0 Å². The number of aromatic carboxylic acids is 1. The zero-order valence-electron chi connectivity index (χ0n) is 12.8. The number of hydrogen-bond donors (Lipinski definition) is 2.